The van der Waals surface area contributed by atoms with E-state index < -0.39 is 5.97 Å². The summed E-state index contributed by atoms with van der Waals surface area (Å²) in [5.41, 5.74) is 0. The second-order valence-electron chi connectivity index (χ2n) is 4.54. The van der Waals surface area contributed by atoms with Crippen LogP contribution in [0.1, 0.15) is 19.8 Å². The minimum absolute atomic E-state index is 0.0902. The van der Waals surface area contributed by atoms with Crippen molar-refractivity contribution in [2.24, 2.45) is 5.92 Å². The number of nitrogens with zero attached hydrogens (tertiary/aromatic N) is 2. The number of hydrogen-bond acceptors (Lipinski definition) is 3. The van der Waals surface area contributed by atoms with Gasteiger partial charge in [-0.1, -0.05) is 0 Å². The Hall–Kier alpha value is -1.10. The second kappa shape index (κ2) is 5.84. The summed E-state index contributed by atoms with van der Waals surface area (Å²) in [4.78, 5) is 25.3. The monoisotopic (exact) mass is 228 g/mol. The van der Waals surface area contributed by atoms with Crippen LogP contribution in [0.5, 0.6) is 0 Å². The molecule has 0 spiro atoms. The Kier molecular flexibility index (Phi) is 4.73. The third kappa shape index (κ3) is 4.18. The highest BCUT2D eigenvalue weighted by molar-refractivity contribution is 5.73. The van der Waals surface area contributed by atoms with Gasteiger partial charge in [-0.25, -0.2) is 0 Å². The van der Waals surface area contributed by atoms with E-state index in [1.54, 1.807) is 6.92 Å². The number of carbonyl (C=O) groups is 2. The smallest absolute Gasteiger partial charge is 0.317 e. The van der Waals surface area contributed by atoms with Crippen molar-refractivity contribution in [2.45, 2.75) is 19.8 Å². The Morgan fingerprint density at radius 1 is 1.38 bits per heavy atom. The molecule has 0 aliphatic carbocycles. The predicted octanol–water partition coefficient (Wildman–Crippen LogP) is 0.261. The summed E-state index contributed by atoms with van der Waals surface area (Å²) in [5.74, 6) is -0.138. The van der Waals surface area contributed by atoms with Crippen molar-refractivity contribution in [2.75, 3.05) is 33.2 Å². The van der Waals surface area contributed by atoms with E-state index in [0.29, 0.717) is 5.92 Å². The van der Waals surface area contributed by atoms with Gasteiger partial charge in [-0.2, -0.15) is 0 Å². The van der Waals surface area contributed by atoms with Crippen molar-refractivity contribution in [3.63, 3.8) is 0 Å². The maximum atomic E-state index is 11.1. The molecule has 1 aliphatic heterocycles. The van der Waals surface area contributed by atoms with Crippen molar-refractivity contribution in [1.82, 2.24) is 9.80 Å². The van der Waals surface area contributed by atoms with Gasteiger partial charge in [0, 0.05) is 26.6 Å². The molecule has 1 rings (SSSR count). The molecule has 0 aromatic heterocycles. The van der Waals surface area contributed by atoms with Gasteiger partial charge in [0.15, 0.2) is 0 Å². The molecule has 1 saturated heterocycles. The van der Waals surface area contributed by atoms with Gasteiger partial charge in [0.05, 0.1) is 6.54 Å². The van der Waals surface area contributed by atoms with Crippen LogP contribution in [0.3, 0.4) is 0 Å². The van der Waals surface area contributed by atoms with Crippen LogP contribution in [-0.2, 0) is 9.59 Å². The molecule has 5 nitrogen and oxygen atoms in total. The topological polar surface area (TPSA) is 60.9 Å². The van der Waals surface area contributed by atoms with Crippen LogP contribution < -0.4 is 0 Å². The van der Waals surface area contributed by atoms with Gasteiger partial charge < -0.3 is 10.0 Å². The largest absolute Gasteiger partial charge is 0.480 e. The third-order valence-electron chi connectivity index (χ3n) is 3.03. The number of rotatable bonds is 4. The number of amides is 1. The molecular weight excluding hydrogens is 208 g/mol. The molecule has 1 aliphatic rings. The van der Waals surface area contributed by atoms with Gasteiger partial charge in [0.2, 0.25) is 5.91 Å². The average Bonchev–Trinajstić information content (AvgIpc) is 2.16. The van der Waals surface area contributed by atoms with Crippen molar-refractivity contribution in [3.05, 3.63) is 0 Å². The van der Waals surface area contributed by atoms with Crippen LogP contribution in [0.4, 0.5) is 0 Å². The van der Waals surface area contributed by atoms with E-state index >= 15 is 0 Å². The van der Waals surface area contributed by atoms with Crippen LogP contribution >= 0.6 is 0 Å². The number of likely N-dealkylation sites (N-methyl/N-ethyl adjacent to an activating group) is 1. The van der Waals surface area contributed by atoms with E-state index in [9.17, 15) is 9.59 Å². The maximum absolute atomic E-state index is 11.1. The van der Waals surface area contributed by atoms with Gasteiger partial charge in [0.1, 0.15) is 0 Å². The zero-order valence-electron chi connectivity index (χ0n) is 9.98. The fraction of sp³-hybridized carbons (Fsp3) is 0.818. The number of piperidine rings is 1. The number of carboxylic acids is 1. The normalized spacial score (nSPS) is 17.8. The van der Waals surface area contributed by atoms with Crippen molar-refractivity contribution >= 4 is 11.9 Å². The summed E-state index contributed by atoms with van der Waals surface area (Å²) < 4.78 is 0. The zero-order chi connectivity index (χ0) is 12.1. The molecule has 1 N–H and O–H groups in total. The number of likely N-dealkylation sites (tertiary alicyclic amines) is 1. The first-order valence-electron chi connectivity index (χ1n) is 5.65. The molecule has 0 radical (unpaired) electrons. The highest BCUT2D eigenvalue weighted by atomic mass is 16.4. The van der Waals surface area contributed by atoms with Crippen LogP contribution in [-0.4, -0.2) is 60.0 Å². The number of carboxylic acid groups (broad SMARTS) is 1. The van der Waals surface area contributed by atoms with Gasteiger partial charge in [-0.15, -0.1) is 0 Å². The average molecular weight is 228 g/mol. The Labute approximate surface area is 96.0 Å². The molecule has 1 amide bonds. The van der Waals surface area contributed by atoms with Crippen LogP contribution in [0.25, 0.3) is 0 Å². The molecule has 16 heavy (non-hydrogen) atoms. The lowest BCUT2D eigenvalue weighted by Gasteiger charge is -2.33. The first-order valence-corrected chi connectivity index (χ1v) is 5.65. The molecular formula is C11H20N2O3. The van der Waals surface area contributed by atoms with E-state index in [2.05, 4.69) is 0 Å². The van der Waals surface area contributed by atoms with E-state index in [4.69, 9.17) is 5.11 Å². The fourth-order valence-electron chi connectivity index (χ4n) is 2.17. The second-order valence-corrected chi connectivity index (χ2v) is 4.54. The van der Waals surface area contributed by atoms with E-state index in [1.807, 2.05) is 16.8 Å². The summed E-state index contributed by atoms with van der Waals surface area (Å²) >= 11 is 0. The lowest BCUT2D eigenvalue weighted by atomic mass is 9.96. The first-order chi connectivity index (χ1) is 7.49. The molecule has 5 heteroatoms. The fourth-order valence-corrected chi connectivity index (χ4v) is 2.17. The van der Waals surface area contributed by atoms with E-state index in [-0.39, 0.29) is 12.5 Å². The quantitative estimate of drug-likeness (QED) is 0.750. The number of carbonyl (C=O) groups excluding carboxylic acids is 1. The van der Waals surface area contributed by atoms with Crippen molar-refractivity contribution < 1.29 is 14.7 Å². The predicted molar refractivity (Wildman–Crippen MR) is 60.1 cm³/mol. The molecule has 0 aromatic rings. The van der Waals surface area contributed by atoms with Crippen LogP contribution in [0.2, 0.25) is 0 Å². The zero-order valence-corrected chi connectivity index (χ0v) is 9.98. The maximum Gasteiger partial charge on any atom is 0.317 e. The molecule has 0 bridgehead atoms. The standard InChI is InChI=1S/C11H20N2O3/c1-9(14)13-5-3-10(4-6-13)7-12(2)8-11(15)16/h10H,3-8H2,1-2H3,(H,15,16). The van der Waals surface area contributed by atoms with Gasteiger partial charge >= 0.3 is 5.97 Å². The molecule has 92 valence electrons. The van der Waals surface area contributed by atoms with Crippen LogP contribution in [0, 0.1) is 5.92 Å². The third-order valence-corrected chi connectivity index (χ3v) is 3.03. The molecule has 0 saturated carbocycles. The highest BCUT2D eigenvalue weighted by Gasteiger charge is 2.21. The summed E-state index contributed by atoms with van der Waals surface area (Å²) in [6.45, 7) is 4.10. The highest BCUT2D eigenvalue weighted by Crippen LogP contribution is 2.17. The van der Waals surface area contributed by atoms with Crippen LogP contribution in [0.15, 0.2) is 0 Å². The van der Waals surface area contributed by atoms with E-state index in [0.717, 1.165) is 32.5 Å². The Balaban J connectivity index is 2.26. The van der Waals surface area contributed by atoms with Crippen molar-refractivity contribution in [3.8, 4) is 0 Å². The first kappa shape index (κ1) is 13.0. The summed E-state index contributed by atoms with van der Waals surface area (Å²) in [7, 11) is 1.82. The lowest BCUT2D eigenvalue weighted by molar-refractivity contribution is -0.138. The Bertz CT molecular complexity index is 260. The Morgan fingerprint density at radius 2 is 1.94 bits per heavy atom. The van der Waals surface area contributed by atoms with Gasteiger partial charge in [0.25, 0.3) is 0 Å². The Morgan fingerprint density at radius 3 is 2.38 bits per heavy atom. The number of aliphatic carboxylic acids is 1. The SMILES string of the molecule is CC(=O)N1CCC(CN(C)CC(=O)O)CC1. The van der Waals surface area contributed by atoms with Gasteiger partial charge in [-0.05, 0) is 25.8 Å². The molecule has 1 heterocycles. The lowest BCUT2D eigenvalue weighted by Crippen LogP contribution is -2.40. The molecule has 0 aromatic carbocycles. The van der Waals surface area contributed by atoms with E-state index in [1.165, 1.54) is 0 Å². The summed E-state index contributed by atoms with van der Waals surface area (Å²) in [6, 6.07) is 0. The van der Waals surface area contributed by atoms with Gasteiger partial charge in [-0.3, -0.25) is 14.5 Å². The molecule has 1 fully saturated rings. The summed E-state index contributed by atoms with van der Waals surface area (Å²) in [5, 5.41) is 8.63. The molecule has 0 unspecified atom stereocenters. The number of hydrogen-bond donors (Lipinski definition) is 1. The molecule has 0 atom stereocenters. The minimum atomic E-state index is -0.788. The summed E-state index contributed by atoms with van der Waals surface area (Å²) in [6.07, 6.45) is 1.95. The van der Waals surface area contributed by atoms with Crippen molar-refractivity contribution in [1.29, 1.82) is 0 Å². The minimum Gasteiger partial charge on any atom is -0.480 e.